The second-order valence-corrected chi connectivity index (χ2v) is 4.41. The van der Waals surface area contributed by atoms with E-state index in [1.54, 1.807) is 12.1 Å². The summed E-state index contributed by atoms with van der Waals surface area (Å²) in [6.07, 6.45) is 2.78. The van der Waals surface area contributed by atoms with Gasteiger partial charge < -0.3 is 15.4 Å². The molecular formula is C13H17FN2O2. The summed E-state index contributed by atoms with van der Waals surface area (Å²) in [5, 5.41) is 0. The summed E-state index contributed by atoms with van der Waals surface area (Å²) in [7, 11) is 1.27. The highest BCUT2D eigenvalue weighted by molar-refractivity contribution is 5.89. The highest BCUT2D eigenvalue weighted by Crippen LogP contribution is 2.26. The molecule has 2 rings (SSSR count). The van der Waals surface area contributed by atoms with Crippen molar-refractivity contribution in [2.24, 2.45) is 5.73 Å². The summed E-state index contributed by atoms with van der Waals surface area (Å²) in [5.74, 6) is -0.973. The van der Waals surface area contributed by atoms with E-state index in [1.807, 2.05) is 4.90 Å². The summed E-state index contributed by atoms with van der Waals surface area (Å²) < 4.78 is 18.6. The zero-order valence-corrected chi connectivity index (χ0v) is 10.4. The van der Waals surface area contributed by atoms with Gasteiger partial charge in [-0.05, 0) is 37.5 Å². The Morgan fingerprint density at radius 2 is 2.28 bits per heavy atom. The molecule has 0 bridgehead atoms. The number of benzene rings is 1. The molecule has 1 aromatic rings. The molecule has 0 amide bonds. The molecule has 1 unspecified atom stereocenters. The molecule has 2 N–H and O–H groups in total. The van der Waals surface area contributed by atoms with Crippen LogP contribution in [-0.4, -0.2) is 25.8 Å². The van der Waals surface area contributed by atoms with Gasteiger partial charge in [-0.3, -0.25) is 0 Å². The van der Waals surface area contributed by atoms with Gasteiger partial charge in [0.05, 0.1) is 24.5 Å². The number of anilines is 1. The number of halogens is 1. The average Bonchev–Trinajstić information content (AvgIpc) is 2.39. The Bertz CT molecular complexity index is 451. The maximum atomic E-state index is 14.0. The smallest absolute Gasteiger partial charge is 0.337 e. The molecule has 1 saturated heterocycles. The molecule has 1 aliphatic rings. The maximum absolute atomic E-state index is 14.0. The van der Waals surface area contributed by atoms with Crippen molar-refractivity contribution in [3.05, 3.63) is 29.6 Å². The predicted octanol–water partition coefficient (Wildman–Crippen LogP) is 1.89. The van der Waals surface area contributed by atoms with E-state index >= 15 is 0 Å². The highest BCUT2D eigenvalue weighted by Gasteiger charge is 2.22. The molecule has 1 aromatic carbocycles. The Hall–Kier alpha value is -1.62. The lowest BCUT2D eigenvalue weighted by atomic mass is 10.1. The normalized spacial score (nSPS) is 19.7. The molecule has 1 fully saturated rings. The van der Waals surface area contributed by atoms with E-state index in [1.165, 1.54) is 13.2 Å². The monoisotopic (exact) mass is 252 g/mol. The second-order valence-electron chi connectivity index (χ2n) is 4.41. The second kappa shape index (κ2) is 5.35. The third-order valence-corrected chi connectivity index (χ3v) is 3.23. The Morgan fingerprint density at radius 1 is 1.50 bits per heavy atom. The predicted molar refractivity (Wildman–Crippen MR) is 66.9 cm³/mol. The van der Waals surface area contributed by atoms with Gasteiger partial charge in [0.2, 0.25) is 0 Å². The van der Waals surface area contributed by atoms with Gasteiger partial charge >= 0.3 is 5.97 Å². The van der Waals surface area contributed by atoms with E-state index in [0.717, 1.165) is 25.8 Å². The molecule has 0 aliphatic carbocycles. The van der Waals surface area contributed by atoms with Crippen LogP contribution in [-0.2, 0) is 4.74 Å². The van der Waals surface area contributed by atoms with Gasteiger partial charge in [-0.25, -0.2) is 9.18 Å². The van der Waals surface area contributed by atoms with Crippen LogP contribution in [0.15, 0.2) is 18.2 Å². The van der Waals surface area contributed by atoms with Crippen molar-refractivity contribution in [1.29, 1.82) is 0 Å². The number of hydrogen-bond acceptors (Lipinski definition) is 4. The summed E-state index contributed by atoms with van der Waals surface area (Å²) in [5.41, 5.74) is 6.64. The van der Waals surface area contributed by atoms with E-state index in [0.29, 0.717) is 5.69 Å². The molecule has 5 heteroatoms. The largest absolute Gasteiger partial charge is 0.465 e. The minimum absolute atomic E-state index is 0.155. The quantitative estimate of drug-likeness (QED) is 0.817. The number of carbonyl (C=O) groups is 1. The first-order valence-corrected chi connectivity index (χ1v) is 6.03. The molecule has 1 atom stereocenters. The van der Waals surface area contributed by atoms with Crippen LogP contribution in [0.5, 0.6) is 0 Å². The number of piperidine rings is 1. The van der Waals surface area contributed by atoms with E-state index in [-0.39, 0.29) is 11.7 Å². The van der Waals surface area contributed by atoms with Crippen LogP contribution in [0.4, 0.5) is 10.1 Å². The zero-order valence-electron chi connectivity index (χ0n) is 10.4. The minimum Gasteiger partial charge on any atom is -0.465 e. The molecule has 0 radical (unpaired) electrons. The van der Waals surface area contributed by atoms with Crippen LogP contribution in [0.2, 0.25) is 0 Å². The first-order chi connectivity index (χ1) is 8.63. The van der Waals surface area contributed by atoms with Crippen LogP contribution < -0.4 is 10.6 Å². The number of nitrogens with two attached hydrogens (primary N) is 1. The summed E-state index contributed by atoms with van der Waals surface area (Å²) in [4.78, 5) is 13.1. The molecular weight excluding hydrogens is 235 g/mol. The Balaban J connectivity index is 2.26. The van der Waals surface area contributed by atoms with Crippen molar-refractivity contribution >= 4 is 11.7 Å². The topological polar surface area (TPSA) is 55.6 Å². The molecule has 1 heterocycles. The van der Waals surface area contributed by atoms with Crippen LogP contribution in [0, 0.1) is 5.82 Å². The molecule has 98 valence electrons. The van der Waals surface area contributed by atoms with Crippen molar-refractivity contribution in [2.75, 3.05) is 18.6 Å². The molecule has 0 spiro atoms. The Kier molecular flexibility index (Phi) is 3.81. The fraction of sp³-hybridized carbons (Fsp3) is 0.462. The first kappa shape index (κ1) is 12.8. The summed E-state index contributed by atoms with van der Waals surface area (Å²) in [6.45, 7) is 0.746. The lowest BCUT2D eigenvalue weighted by Crippen LogP contribution is -2.45. The number of ether oxygens (including phenoxy) is 1. The van der Waals surface area contributed by atoms with Crippen LogP contribution in [0.3, 0.4) is 0 Å². The van der Waals surface area contributed by atoms with Crippen molar-refractivity contribution < 1.29 is 13.9 Å². The molecule has 1 aliphatic heterocycles. The Morgan fingerprint density at radius 3 is 2.89 bits per heavy atom. The minimum atomic E-state index is -0.539. The number of carbonyl (C=O) groups excluding carboxylic acids is 1. The summed E-state index contributed by atoms with van der Waals surface area (Å²) in [6, 6.07) is 4.35. The molecule has 0 saturated carbocycles. The third kappa shape index (κ3) is 2.46. The van der Waals surface area contributed by atoms with Gasteiger partial charge in [-0.2, -0.15) is 0 Å². The zero-order chi connectivity index (χ0) is 13.1. The van der Waals surface area contributed by atoms with Gasteiger partial charge in [0, 0.05) is 6.54 Å². The number of nitrogens with zero attached hydrogens (tertiary/aromatic N) is 1. The molecule has 0 aromatic heterocycles. The van der Waals surface area contributed by atoms with Crippen molar-refractivity contribution in [3.8, 4) is 0 Å². The SMILES string of the molecule is COC(=O)c1ccc(N2CCCCC2N)c(F)c1. The van der Waals surface area contributed by atoms with Gasteiger partial charge in [0.15, 0.2) is 0 Å². The standard InChI is InChI=1S/C13H17FN2O2/c1-18-13(17)9-5-6-11(10(14)8-9)16-7-3-2-4-12(16)15/h5-6,8,12H,2-4,7,15H2,1H3. The molecule has 4 nitrogen and oxygen atoms in total. The number of hydrogen-bond donors (Lipinski definition) is 1. The van der Waals surface area contributed by atoms with Crippen molar-refractivity contribution in [2.45, 2.75) is 25.4 Å². The van der Waals surface area contributed by atoms with Crippen LogP contribution >= 0.6 is 0 Å². The number of methoxy groups -OCH3 is 1. The summed E-state index contributed by atoms with van der Waals surface area (Å²) >= 11 is 0. The van der Waals surface area contributed by atoms with Gasteiger partial charge in [-0.1, -0.05) is 0 Å². The lowest BCUT2D eigenvalue weighted by molar-refractivity contribution is 0.0600. The van der Waals surface area contributed by atoms with E-state index in [9.17, 15) is 9.18 Å². The maximum Gasteiger partial charge on any atom is 0.337 e. The number of esters is 1. The van der Waals surface area contributed by atoms with Gasteiger partial charge in [0.1, 0.15) is 5.82 Å². The van der Waals surface area contributed by atoms with Crippen LogP contribution in [0.1, 0.15) is 29.6 Å². The van der Waals surface area contributed by atoms with Gasteiger partial charge in [0.25, 0.3) is 0 Å². The average molecular weight is 252 g/mol. The highest BCUT2D eigenvalue weighted by atomic mass is 19.1. The van der Waals surface area contributed by atoms with E-state index in [4.69, 9.17) is 5.73 Å². The number of rotatable bonds is 2. The molecule has 18 heavy (non-hydrogen) atoms. The lowest BCUT2D eigenvalue weighted by Gasteiger charge is -2.35. The van der Waals surface area contributed by atoms with Gasteiger partial charge in [-0.15, -0.1) is 0 Å². The van der Waals surface area contributed by atoms with Crippen molar-refractivity contribution in [3.63, 3.8) is 0 Å². The first-order valence-electron chi connectivity index (χ1n) is 6.03. The van der Waals surface area contributed by atoms with Crippen LogP contribution in [0.25, 0.3) is 0 Å². The van der Waals surface area contributed by atoms with E-state index < -0.39 is 11.8 Å². The Labute approximate surface area is 106 Å². The van der Waals surface area contributed by atoms with E-state index in [2.05, 4.69) is 4.74 Å². The third-order valence-electron chi connectivity index (χ3n) is 3.23. The van der Waals surface area contributed by atoms with Crippen molar-refractivity contribution in [1.82, 2.24) is 0 Å². The fourth-order valence-corrected chi connectivity index (χ4v) is 2.24. The fourth-order valence-electron chi connectivity index (χ4n) is 2.24.